The number of pyridine rings is 1. The van der Waals surface area contributed by atoms with E-state index in [1.807, 2.05) is 50.0 Å². The summed E-state index contributed by atoms with van der Waals surface area (Å²) in [5.74, 6) is 0.581. The zero-order valence-electron chi connectivity index (χ0n) is 11.7. The maximum absolute atomic E-state index is 14.2. The molecule has 2 heterocycles. The predicted molar refractivity (Wildman–Crippen MR) is 80.4 cm³/mol. The molecule has 0 radical (unpaired) electrons. The molecule has 0 spiro atoms. The van der Waals surface area contributed by atoms with Crippen molar-refractivity contribution >= 4 is 16.7 Å². The van der Waals surface area contributed by atoms with Crippen LogP contribution in [-0.2, 0) is 7.05 Å². The van der Waals surface area contributed by atoms with Crippen molar-refractivity contribution in [2.75, 3.05) is 12.4 Å². The average molecular weight is 269 g/mol. The Morgan fingerprint density at radius 1 is 1.20 bits per heavy atom. The molecular formula is C16H16FN3. The van der Waals surface area contributed by atoms with Crippen LogP contribution >= 0.6 is 0 Å². The molecule has 0 aliphatic heterocycles. The number of nitrogens with one attached hydrogen (secondary N) is 1. The third-order valence-corrected chi connectivity index (χ3v) is 3.55. The number of rotatable bonds is 2. The second-order valence-corrected chi connectivity index (χ2v) is 4.97. The zero-order valence-corrected chi connectivity index (χ0v) is 11.7. The molecule has 3 rings (SSSR count). The van der Waals surface area contributed by atoms with Gasteiger partial charge in [0.25, 0.3) is 0 Å². The highest BCUT2D eigenvalue weighted by molar-refractivity contribution is 5.97. The Morgan fingerprint density at radius 2 is 2.00 bits per heavy atom. The Morgan fingerprint density at radius 3 is 2.70 bits per heavy atom. The van der Waals surface area contributed by atoms with Gasteiger partial charge in [-0.2, -0.15) is 0 Å². The van der Waals surface area contributed by atoms with Crippen LogP contribution in [0.3, 0.4) is 0 Å². The second-order valence-electron chi connectivity index (χ2n) is 4.97. The first-order valence-electron chi connectivity index (χ1n) is 6.49. The van der Waals surface area contributed by atoms with Crippen molar-refractivity contribution in [2.45, 2.75) is 6.92 Å². The summed E-state index contributed by atoms with van der Waals surface area (Å²) >= 11 is 0. The summed E-state index contributed by atoms with van der Waals surface area (Å²) in [4.78, 5) is 4.30. The highest BCUT2D eigenvalue weighted by atomic mass is 19.1. The average Bonchev–Trinajstić information content (AvgIpc) is 2.75. The SMILES string of the molecule is CNc1cc2c(-c3ccc(C)cc3F)cn(C)c2cn1. The highest BCUT2D eigenvalue weighted by Crippen LogP contribution is 2.32. The van der Waals surface area contributed by atoms with E-state index in [1.54, 1.807) is 12.3 Å². The first-order valence-corrected chi connectivity index (χ1v) is 6.49. The number of hydrogen-bond acceptors (Lipinski definition) is 2. The molecule has 0 amide bonds. The molecule has 4 heteroatoms. The van der Waals surface area contributed by atoms with Crippen LogP contribution < -0.4 is 5.32 Å². The molecule has 1 N–H and O–H groups in total. The number of aryl methyl sites for hydroxylation is 2. The number of hydrogen-bond donors (Lipinski definition) is 1. The van der Waals surface area contributed by atoms with Gasteiger partial charge in [-0.1, -0.05) is 12.1 Å². The fourth-order valence-corrected chi connectivity index (χ4v) is 2.47. The molecule has 102 valence electrons. The largest absolute Gasteiger partial charge is 0.373 e. The normalized spacial score (nSPS) is 11.0. The zero-order chi connectivity index (χ0) is 14.3. The first kappa shape index (κ1) is 12.7. The van der Waals surface area contributed by atoms with Crippen LogP contribution in [0, 0.1) is 12.7 Å². The van der Waals surface area contributed by atoms with Crippen molar-refractivity contribution in [3.8, 4) is 11.1 Å². The number of halogens is 1. The van der Waals surface area contributed by atoms with Gasteiger partial charge in [-0.15, -0.1) is 0 Å². The van der Waals surface area contributed by atoms with Gasteiger partial charge < -0.3 is 9.88 Å². The van der Waals surface area contributed by atoms with Gasteiger partial charge in [0.15, 0.2) is 0 Å². The van der Waals surface area contributed by atoms with E-state index in [4.69, 9.17) is 0 Å². The van der Waals surface area contributed by atoms with Gasteiger partial charge in [0.1, 0.15) is 11.6 Å². The lowest BCUT2D eigenvalue weighted by Gasteiger charge is -2.04. The topological polar surface area (TPSA) is 29.9 Å². The van der Waals surface area contributed by atoms with Gasteiger partial charge in [-0.3, -0.25) is 0 Å². The van der Waals surface area contributed by atoms with E-state index in [0.29, 0.717) is 5.56 Å². The number of benzene rings is 1. The summed E-state index contributed by atoms with van der Waals surface area (Å²) < 4.78 is 16.2. The molecule has 0 aliphatic rings. The third-order valence-electron chi connectivity index (χ3n) is 3.55. The van der Waals surface area contributed by atoms with Crippen molar-refractivity contribution in [1.82, 2.24) is 9.55 Å². The summed E-state index contributed by atoms with van der Waals surface area (Å²) in [5.41, 5.74) is 3.41. The Labute approximate surface area is 117 Å². The van der Waals surface area contributed by atoms with Crippen LogP contribution in [0.15, 0.2) is 36.7 Å². The van der Waals surface area contributed by atoms with E-state index in [9.17, 15) is 4.39 Å². The molecule has 3 nitrogen and oxygen atoms in total. The van der Waals surface area contributed by atoms with Crippen molar-refractivity contribution in [1.29, 1.82) is 0 Å². The molecular weight excluding hydrogens is 253 g/mol. The fourth-order valence-electron chi connectivity index (χ4n) is 2.47. The number of fused-ring (bicyclic) bond motifs is 1. The lowest BCUT2D eigenvalue weighted by Crippen LogP contribution is -1.92. The molecule has 0 saturated carbocycles. The van der Waals surface area contributed by atoms with E-state index < -0.39 is 0 Å². The van der Waals surface area contributed by atoms with Gasteiger partial charge in [0.2, 0.25) is 0 Å². The van der Waals surface area contributed by atoms with E-state index in [2.05, 4.69) is 10.3 Å². The van der Waals surface area contributed by atoms with Crippen molar-refractivity contribution in [3.05, 3.63) is 48.0 Å². The standard InChI is InChI=1S/C16H16FN3/c1-10-4-5-11(14(17)6-10)13-9-20(3)15-8-19-16(18-2)7-12(13)15/h4-9H,1-3H3,(H,18,19). The van der Waals surface area contributed by atoms with Crippen LogP contribution in [0.25, 0.3) is 22.0 Å². The summed E-state index contributed by atoms with van der Waals surface area (Å²) in [5, 5.41) is 4.01. The van der Waals surface area contributed by atoms with E-state index in [0.717, 1.165) is 27.8 Å². The van der Waals surface area contributed by atoms with Crippen LogP contribution in [-0.4, -0.2) is 16.6 Å². The molecule has 0 atom stereocenters. The van der Waals surface area contributed by atoms with Gasteiger partial charge in [-0.05, 0) is 24.6 Å². The molecule has 20 heavy (non-hydrogen) atoms. The summed E-state index contributed by atoms with van der Waals surface area (Å²) in [6.07, 6.45) is 3.75. The van der Waals surface area contributed by atoms with E-state index in [1.165, 1.54) is 0 Å². The minimum Gasteiger partial charge on any atom is -0.373 e. The maximum atomic E-state index is 14.2. The predicted octanol–water partition coefficient (Wildman–Crippen LogP) is 3.73. The Hall–Kier alpha value is -2.36. The second kappa shape index (κ2) is 4.63. The van der Waals surface area contributed by atoms with E-state index in [-0.39, 0.29) is 5.82 Å². The molecule has 0 unspecified atom stereocenters. The maximum Gasteiger partial charge on any atom is 0.131 e. The van der Waals surface area contributed by atoms with Crippen LogP contribution in [0.5, 0.6) is 0 Å². The van der Waals surface area contributed by atoms with Gasteiger partial charge in [0, 0.05) is 36.8 Å². The van der Waals surface area contributed by atoms with Crippen molar-refractivity contribution in [2.24, 2.45) is 7.05 Å². The fraction of sp³-hybridized carbons (Fsp3) is 0.188. The number of nitrogens with zero attached hydrogens (tertiary/aromatic N) is 2. The molecule has 0 saturated heterocycles. The number of aromatic nitrogens is 2. The molecule has 0 bridgehead atoms. The Balaban J connectivity index is 2.30. The van der Waals surface area contributed by atoms with Gasteiger partial charge in [-0.25, -0.2) is 9.37 Å². The molecule has 0 fully saturated rings. The van der Waals surface area contributed by atoms with Crippen LogP contribution in [0.2, 0.25) is 0 Å². The molecule has 2 aromatic heterocycles. The lowest BCUT2D eigenvalue weighted by molar-refractivity contribution is 0.630. The first-order chi connectivity index (χ1) is 9.60. The Bertz CT molecular complexity index is 790. The number of anilines is 1. The van der Waals surface area contributed by atoms with Crippen LogP contribution in [0.4, 0.5) is 10.2 Å². The molecule has 3 aromatic rings. The van der Waals surface area contributed by atoms with Gasteiger partial charge in [0.05, 0.1) is 11.7 Å². The lowest BCUT2D eigenvalue weighted by atomic mass is 10.0. The highest BCUT2D eigenvalue weighted by Gasteiger charge is 2.13. The molecule has 0 aliphatic carbocycles. The molecule has 1 aromatic carbocycles. The monoisotopic (exact) mass is 269 g/mol. The summed E-state index contributed by atoms with van der Waals surface area (Å²) in [6.45, 7) is 1.89. The minimum absolute atomic E-state index is 0.194. The smallest absolute Gasteiger partial charge is 0.131 e. The van der Waals surface area contributed by atoms with E-state index >= 15 is 0 Å². The minimum atomic E-state index is -0.194. The van der Waals surface area contributed by atoms with Crippen LogP contribution in [0.1, 0.15) is 5.56 Å². The Kier molecular flexibility index (Phi) is 2.93. The summed E-state index contributed by atoms with van der Waals surface area (Å²) in [6, 6.07) is 7.27. The van der Waals surface area contributed by atoms with Gasteiger partial charge >= 0.3 is 0 Å². The van der Waals surface area contributed by atoms with Crippen molar-refractivity contribution in [3.63, 3.8) is 0 Å². The third kappa shape index (κ3) is 1.93. The quantitative estimate of drug-likeness (QED) is 0.768. The summed E-state index contributed by atoms with van der Waals surface area (Å²) in [7, 11) is 3.77. The van der Waals surface area contributed by atoms with Crippen molar-refractivity contribution < 1.29 is 4.39 Å².